The van der Waals surface area contributed by atoms with Gasteiger partial charge in [-0.05, 0) is 55.6 Å². The fourth-order valence-electron chi connectivity index (χ4n) is 2.35. The predicted octanol–water partition coefficient (Wildman–Crippen LogP) is 3.54. The fourth-order valence-corrected chi connectivity index (χ4v) is 3.45. The van der Waals surface area contributed by atoms with E-state index in [-0.39, 0.29) is 0 Å². The Morgan fingerprint density at radius 2 is 1.69 bits per heavy atom. The van der Waals surface area contributed by atoms with E-state index in [1.54, 1.807) is 0 Å². The van der Waals surface area contributed by atoms with Gasteiger partial charge >= 0.3 is 0 Å². The first-order chi connectivity index (χ1) is 7.77. The van der Waals surface area contributed by atoms with Crippen molar-refractivity contribution in [3.05, 3.63) is 0 Å². The number of hydrogen-bond acceptors (Lipinski definition) is 2. The molecule has 2 fully saturated rings. The second kappa shape index (κ2) is 6.30. The van der Waals surface area contributed by atoms with Crippen molar-refractivity contribution in [2.45, 2.75) is 52.0 Å². The zero-order valence-electron chi connectivity index (χ0n) is 10.9. The molecule has 0 heterocycles. The first-order valence-electron chi connectivity index (χ1n) is 7.08. The molecule has 2 rings (SSSR count). The van der Waals surface area contributed by atoms with Gasteiger partial charge in [-0.2, -0.15) is 11.8 Å². The highest BCUT2D eigenvalue weighted by Crippen LogP contribution is 2.44. The van der Waals surface area contributed by atoms with Gasteiger partial charge in [0, 0.05) is 18.3 Å². The van der Waals surface area contributed by atoms with Crippen LogP contribution < -0.4 is 5.32 Å². The third kappa shape index (κ3) is 4.67. The molecule has 2 heteroatoms. The summed E-state index contributed by atoms with van der Waals surface area (Å²) in [6.45, 7) is 5.87. The van der Waals surface area contributed by atoms with Crippen LogP contribution >= 0.6 is 11.8 Å². The second-order valence-electron chi connectivity index (χ2n) is 5.95. The Bertz CT molecular complexity index is 185. The van der Waals surface area contributed by atoms with Crippen molar-refractivity contribution >= 4 is 11.8 Å². The minimum Gasteiger partial charge on any atom is -0.313 e. The Kier molecular flexibility index (Phi) is 5.02. The summed E-state index contributed by atoms with van der Waals surface area (Å²) in [6, 6.07) is 0.894. The lowest BCUT2D eigenvalue weighted by molar-refractivity contribution is 0.429. The molecule has 0 spiro atoms. The maximum Gasteiger partial charge on any atom is 0.0124 e. The Hall–Kier alpha value is 0.310. The highest BCUT2D eigenvalue weighted by molar-refractivity contribution is 7.99. The van der Waals surface area contributed by atoms with Crippen LogP contribution in [0.5, 0.6) is 0 Å². The van der Waals surface area contributed by atoms with Crippen LogP contribution in [-0.2, 0) is 0 Å². The lowest BCUT2D eigenvalue weighted by Gasteiger charge is -2.17. The van der Waals surface area contributed by atoms with Gasteiger partial charge in [0.1, 0.15) is 0 Å². The van der Waals surface area contributed by atoms with Crippen molar-refractivity contribution in [3.63, 3.8) is 0 Å². The molecule has 1 N–H and O–H groups in total. The van der Waals surface area contributed by atoms with Crippen molar-refractivity contribution in [2.24, 2.45) is 17.8 Å². The molecule has 2 saturated carbocycles. The summed E-state index contributed by atoms with van der Waals surface area (Å²) in [7, 11) is 0. The molecule has 2 aliphatic carbocycles. The third-order valence-corrected chi connectivity index (χ3v) is 4.74. The van der Waals surface area contributed by atoms with Gasteiger partial charge in [0.05, 0.1) is 0 Å². The number of nitrogens with one attached hydrogen (secondary N) is 1. The van der Waals surface area contributed by atoms with Crippen LogP contribution in [0.1, 0.15) is 46.0 Å². The first kappa shape index (κ1) is 12.8. The Labute approximate surface area is 105 Å². The lowest BCUT2D eigenvalue weighted by Crippen LogP contribution is -2.34. The van der Waals surface area contributed by atoms with Crippen LogP contribution in [0.2, 0.25) is 0 Å². The van der Waals surface area contributed by atoms with E-state index in [2.05, 4.69) is 30.9 Å². The molecule has 2 aliphatic rings. The number of hydrogen-bond donors (Lipinski definition) is 1. The second-order valence-corrected chi connectivity index (χ2v) is 7.17. The van der Waals surface area contributed by atoms with Gasteiger partial charge in [-0.15, -0.1) is 0 Å². The van der Waals surface area contributed by atoms with Crippen LogP contribution in [0, 0.1) is 17.8 Å². The van der Waals surface area contributed by atoms with E-state index in [0.29, 0.717) is 0 Å². The minimum absolute atomic E-state index is 0.867. The standard InChI is InChI=1S/C14H27NS/c1-11(2)7-9-16-10-8-15-14(12-3-4-12)13-5-6-13/h11-15H,3-10H2,1-2H3. The van der Waals surface area contributed by atoms with E-state index in [1.165, 1.54) is 50.2 Å². The smallest absolute Gasteiger partial charge is 0.0124 e. The van der Waals surface area contributed by atoms with Crippen molar-refractivity contribution in [2.75, 3.05) is 18.1 Å². The van der Waals surface area contributed by atoms with Crippen LogP contribution in [0.3, 0.4) is 0 Å². The molecule has 0 atom stereocenters. The molecule has 0 unspecified atom stereocenters. The zero-order valence-corrected chi connectivity index (χ0v) is 11.7. The highest BCUT2D eigenvalue weighted by atomic mass is 32.2. The van der Waals surface area contributed by atoms with Gasteiger partial charge in [0.2, 0.25) is 0 Å². The van der Waals surface area contributed by atoms with Crippen LogP contribution in [0.15, 0.2) is 0 Å². The van der Waals surface area contributed by atoms with E-state index in [0.717, 1.165) is 23.8 Å². The summed E-state index contributed by atoms with van der Waals surface area (Å²) in [5.41, 5.74) is 0. The van der Waals surface area contributed by atoms with Crippen molar-refractivity contribution in [3.8, 4) is 0 Å². The van der Waals surface area contributed by atoms with Crippen molar-refractivity contribution in [1.29, 1.82) is 0 Å². The summed E-state index contributed by atoms with van der Waals surface area (Å²) >= 11 is 2.13. The van der Waals surface area contributed by atoms with E-state index in [4.69, 9.17) is 0 Å². The maximum atomic E-state index is 3.81. The van der Waals surface area contributed by atoms with Crippen molar-refractivity contribution < 1.29 is 0 Å². The maximum absolute atomic E-state index is 3.81. The summed E-state index contributed by atoms with van der Waals surface area (Å²) in [5, 5.41) is 3.81. The number of rotatable bonds is 9. The number of thioether (sulfide) groups is 1. The summed E-state index contributed by atoms with van der Waals surface area (Å²) in [5.74, 6) is 5.62. The predicted molar refractivity (Wildman–Crippen MR) is 74.0 cm³/mol. The van der Waals surface area contributed by atoms with Gasteiger partial charge in [0.25, 0.3) is 0 Å². The first-order valence-corrected chi connectivity index (χ1v) is 8.24. The molecule has 0 aliphatic heterocycles. The normalized spacial score (nSPS) is 21.0. The largest absolute Gasteiger partial charge is 0.313 e. The molecule has 0 saturated heterocycles. The Morgan fingerprint density at radius 1 is 1.06 bits per heavy atom. The van der Waals surface area contributed by atoms with Gasteiger partial charge in [0.15, 0.2) is 0 Å². The monoisotopic (exact) mass is 241 g/mol. The average Bonchev–Trinajstić information content (AvgIpc) is 3.10. The van der Waals surface area contributed by atoms with Gasteiger partial charge in [-0.1, -0.05) is 13.8 Å². The lowest BCUT2D eigenvalue weighted by atomic mass is 10.1. The summed E-state index contributed by atoms with van der Waals surface area (Å²) in [4.78, 5) is 0. The highest BCUT2D eigenvalue weighted by Gasteiger charge is 2.40. The molecule has 16 heavy (non-hydrogen) atoms. The molecule has 1 nitrogen and oxygen atoms in total. The quantitative estimate of drug-likeness (QED) is 0.620. The Balaban J connectivity index is 1.46. The molecule has 0 amide bonds. The molecular formula is C14H27NS. The summed E-state index contributed by atoms with van der Waals surface area (Å²) in [6.07, 6.45) is 7.35. The molecule has 0 aromatic rings. The zero-order chi connectivity index (χ0) is 11.4. The van der Waals surface area contributed by atoms with Gasteiger partial charge < -0.3 is 5.32 Å². The van der Waals surface area contributed by atoms with E-state index >= 15 is 0 Å². The van der Waals surface area contributed by atoms with Crippen LogP contribution in [0.4, 0.5) is 0 Å². The van der Waals surface area contributed by atoms with Gasteiger partial charge in [-0.3, -0.25) is 0 Å². The fraction of sp³-hybridized carbons (Fsp3) is 1.00. The topological polar surface area (TPSA) is 12.0 Å². The SMILES string of the molecule is CC(C)CCSCCNC(C1CC1)C1CC1. The van der Waals surface area contributed by atoms with E-state index in [1.807, 2.05) is 0 Å². The minimum atomic E-state index is 0.867. The Morgan fingerprint density at radius 3 is 2.19 bits per heavy atom. The van der Waals surface area contributed by atoms with E-state index < -0.39 is 0 Å². The van der Waals surface area contributed by atoms with Crippen LogP contribution in [-0.4, -0.2) is 24.1 Å². The summed E-state index contributed by atoms with van der Waals surface area (Å²) < 4.78 is 0. The molecule has 0 radical (unpaired) electrons. The van der Waals surface area contributed by atoms with E-state index in [9.17, 15) is 0 Å². The molecule has 0 aromatic heterocycles. The molecular weight excluding hydrogens is 214 g/mol. The van der Waals surface area contributed by atoms with Crippen molar-refractivity contribution in [1.82, 2.24) is 5.32 Å². The van der Waals surface area contributed by atoms with Crippen LogP contribution in [0.25, 0.3) is 0 Å². The van der Waals surface area contributed by atoms with Gasteiger partial charge in [-0.25, -0.2) is 0 Å². The molecule has 0 bridgehead atoms. The average molecular weight is 241 g/mol. The third-order valence-electron chi connectivity index (χ3n) is 3.73. The molecule has 94 valence electrons. The molecule has 0 aromatic carbocycles.